The highest BCUT2D eigenvalue weighted by Gasteiger charge is 2.08. The van der Waals surface area contributed by atoms with E-state index >= 15 is 0 Å². The van der Waals surface area contributed by atoms with Gasteiger partial charge in [-0.2, -0.15) is 0 Å². The molecule has 0 spiro atoms. The molecule has 24 heavy (non-hydrogen) atoms. The van der Waals surface area contributed by atoms with Gasteiger partial charge in [-0.3, -0.25) is 4.79 Å². The molecule has 2 rings (SSSR count). The third-order valence-corrected chi connectivity index (χ3v) is 3.83. The van der Waals surface area contributed by atoms with E-state index in [-0.39, 0.29) is 18.3 Å². The first-order valence-corrected chi connectivity index (χ1v) is 8.16. The molecule has 0 aliphatic carbocycles. The lowest BCUT2D eigenvalue weighted by Gasteiger charge is -2.09. The molecule has 1 amide bonds. The van der Waals surface area contributed by atoms with Crippen molar-refractivity contribution in [2.45, 2.75) is 19.8 Å². The van der Waals surface area contributed by atoms with Crippen LogP contribution in [0.3, 0.4) is 0 Å². The van der Waals surface area contributed by atoms with Crippen LogP contribution in [0, 0.1) is 0 Å². The van der Waals surface area contributed by atoms with Gasteiger partial charge < -0.3 is 14.8 Å². The van der Waals surface area contributed by atoms with Crippen molar-refractivity contribution in [1.82, 2.24) is 0 Å². The first-order chi connectivity index (χ1) is 11.4. The summed E-state index contributed by atoms with van der Waals surface area (Å²) >= 11 is 11.9. The predicted molar refractivity (Wildman–Crippen MR) is 96.0 cm³/mol. The predicted octanol–water partition coefficient (Wildman–Crippen LogP) is 4.53. The number of aryl methyl sites for hydroxylation is 1. The fourth-order valence-electron chi connectivity index (χ4n) is 2.00. The van der Waals surface area contributed by atoms with Gasteiger partial charge in [-0.25, -0.2) is 0 Å². The third kappa shape index (κ3) is 5.87. The third-order valence-electron chi connectivity index (χ3n) is 3.26. The Labute approximate surface area is 150 Å². The molecule has 1 N–H and O–H groups in total. The van der Waals surface area contributed by atoms with Crippen LogP contribution in [0.2, 0.25) is 10.0 Å². The van der Waals surface area contributed by atoms with Gasteiger partial charge in [0.1, 0.15) is 11.5 Å². The van der Waals surface area contributed by atoms with Crippen molar-refractivity contribution in [2.24, 2.45) is 0 Å². The zero-order valence-corrected chi connectivity index (χ0v) is 14.7. The van der Waals surface area contributed by atoms with Gasteiger partial charge in [0.2, 0.25) is 0 Å². The number of hydrogen-bond acceptors (Lipinski definition) is 3. The molecule has 0 radical (unpaired) electrons. The van der Waals surface area contributed by atoms with Crippen LogP contribution in [-0.4, -0.2) is 18.3 Å². The number of ether oxygens (including phenoxy) is 1. The molecule has 0 aliphatic heterocycles. The number of halogens is 2. The monoisotopic (exact) mass is 365 g/mol. The lowest BCUT2D eigenvalue weighted by molar-refractivity contribution is -0.118. The average molecular weight is 366 g/mol. The summed E-state index contributed by atoms with van der Waals surface area (Å²) in [5, 5.41) is 3.54. The molecular weight excluding hydrogens is 349 g/mol. The minimum Gasteiger partial charge on any atom is -0.484 e. The van der Waals surface area contributed by atoms with Crippen molar-refractivity contribution >= 4 is 40.6 Å². The second-order valence-electron chi connectivity index (χ2n) is 5.31. The lowest BCUT2D eigenvalue weighted by Crippen LogP contribution is -2.20. The van der Waals surface area contributed by atoms with Crippen molar-refractivity contribution in [2.75, 3.05) is 11.9 Å². The van der Waals surface area contributed by atoms with Crippen LogP contribution in [0.15, 0.2) is 42.5 Å². The molecule has 2 aromatic carbocycles. The lowest BCUT2D eigenvalue weighted by atomic mass is 10.1. The minimum atomic E-state index is -0.333. The maximum atomic E-state index is 11.9. The highest BCUT2D eigenvalue weighted by atomic mass is 35.5. The zero-order chi connectivity index (χ0) is 17.5. The first kappa shape index (κ1) is 18.3. The number of hydrogen-bond donors (Lipinski definition) is 1. The number of ketones is 1. The van der Waals surface area contributed by atoms with Gasteiger partial charge in [-0.1, -0.05) is 35.3 Å². The Morgan fingerprint density at radius 1 is 1.08 bits per heavy atom. The summed E-state index contributed by atoms with van der Waals surface area (Å²) < 4.78 is 5.44. The Morgan fingerprint density at radius 2 is 1.79 bits per heavy atom. The summed E-state index contributed by atoms with van der Waals surface area (Å²) in [7, 11) is 0. The Kier molecular flexibility index (Phi) is 6.64. The van der Waals surface area contributed by atoms with E-state index in [1.165, 1.54) is 0 Å². The maximum Gasteiger partial charge on any atom is 0.262 e. The molecule has 2 aromatic rings. The molecule has 0 aromatic heterocycles. The second kappa shape index (κ2) is 8.71. The molecule has 0 saturated carbocycles. The largest absolute Gasteiger partial charge is 0.484 e. The van der Waals surface area contributed by atoms with Gasteiger partial charge in [0, 0.05) is 11.4 Å². The summed E-state index contributed by atoms with van der Waals surface area (Å²) in [6, 6.07) is 12.1. The van der Waals surface area contributed by atoms with Crippen LogP contribution in [0.5, 0.6) is 5.75 Å². The maximum absolute atomic E-state index is 11.9. The SMILES string of the molecule is CC(=O)CCc1ccc(OCC(=O)Nc2cc(Cl)ccc2Cl)cc1. The molecule has 0 aliphatic rings. The molecule has 0 fully saturated rings. The number of anilines is 1. The molecular formula is C18H17Cl2NO3. The van der Waals surface area contributed by atoms with Crippen molar-refractivity contribution in [3.8, 4) is 5.75 Å². The average Bonchev–Trinajstić information content (AvgIpc) is 2.55. The van der Waals surface area contributed by atoms with Gasteiger partial charge in [-0.15, -0.1) is 0 Å². The van der Waals surface area contributed by atoms with E-state index in [1.54, 1.807) is 37.3 Å². The Bertz CT molecular complexity index is 730. The molecule has 0 bridgehead atoms. The van der Waals surface area contributed by atoms with E-state index in [9.17, 15) is 9.59 Å². The van der Waals surface area contributed by atoms with Crippen LogP contribution >= 0.6 is 23.2 Å². The number of carbonyl (C=O) groups is 2. The normalized spacial score (nSPS) is 10.3. The number of nitrogens with one attached hydrogen (secondary N) is 1. The quantitative estimate of drug-likeness (QED) is 0.783. The van der Waals surface area contributed by atoms with Crippen LogP contribution in [0.25, 0.3) is 0 Å². The molecule has 126 valence electrons. The van der Waals surface area contributed by atoms with Crippen LogP contribution < -0.4 is 10.1 Å². The van der Waals surface area contributed by atoms with E-state index in [2.05, 4.69) is 5.32 Å². The topological polar surface area (TPSA) is 55.4 Å². The van der Waals surface area contributed by atoms with Crippen LogP contribution in [-0.2, 0) is 16.0 Å². The second-order valence-corrected chi connectivity index (χ2v) is 6.15. The first-order valence-electron chi connectivity index (χ1n) is 7.40. The highest BCUT2D eigenvalue weighted by Crippen LogP contribution is 2.25. The van der Waals surface area contributed by atoms with Crippen molar-refractivity contribution in [3.63, 3.8) is 0 Å². The van der Waals surface area contributed by atoms with E-state index in [4.69, 9.17) is 27.9 Å². The van der Waals surface area contributed by atoms with E-state index < -0.39 is 0 Å². The number of benzene rings is 2. The van der Waals surface area contributed by atoms with Crippen molar-refractivity contribution < 1.29 is 14.3 Å². The summed E-state index contributed by atoms with van der Waals surface area (Å²) in [6.45, 7) is 1.43. The number of Topliss-reactive ketones (excluding diaryl/α,β-unsaturated/α-hetero) is 1. The van der Waals surface area contributed by atoms with Crippen LogP contribution in [0.4, 0.5) is 5.69 Å². The van der Waals surface area contributed by atoms with Gasteiger partial charge in [0.25, 0.3) is 5.91 Å². The van der Waals surface area contributed by atoms with Gasteiger partial charge in [-0.05, 0) is 49.2 Å². The number of carbonyl (C=O) groups excluding carboxylic acids is 2. The standard InChI is InChI=1S/C18H17Cl2NO3/c1-12(22)2-3-13-4-7-15(8-5-13)24-11-18(23)21-17-10-14(19)6-9-16(17)20/h4-10H,2-3,11H2,1H3,(H,21,23). The smallest absolute Gasteiger partial charge is 0.262 e. The van der Waals surface area contributed by atoms with Gasteiger partial charge >= 0.3 is 0 Å². The zero-order valence-electron chi connectivity index (χ0n) is 13.1. The molecule has 0 unspecified atom stereocenters. The fraction of sp³-hybridized carbons (Fsp3) is 0.222. The number of rotatable bonds is 7. The van der Waals surface area contributed by atoms with Crippen LogP contribution in [0.1, 0.15) is 18.9 Å². The summed E-state index contributed by atoms with van der Waals surface area (Å²) in [5.74, 6) is 0.403. The Morgan fingerprint density at radius 3 is 2.46 bits per heavy atom. The fourth-order valence-corrected chi connectivity index (χ4v) is 2.34. The Balaban J connectivity index is 1.85. The summed E-state index contributed by atoms with van der Waals surface area (Å²) in [5.41, 5.74) is 1.49. The summed E-state index contributed by atoms with van der Waals surface area (Å²) in [4.78, 5) is 22.9. The van der Waals surface area contributed by atoms with Gasteiger partial charge in [0.05, 0.1) is 10.7 Å². The van der Waals surface area contributed by atoms with Crippen molar-refractivity contribution in [3.05, 3.63) is 58.1 Å². The minimum absolute atomic E-state index is 0.143. The van der Waals surface area contributed by atoms with E-state index in [0.717, 1.165) is 5.56 Å². The summed E-state index contributed by atoms with van der Waals surface area (Å²) in [6.07, 6.45) is 1.21. The molecule has 0 atom stereocenters. The molecule has 4 nitrogen and oxygen atoms in total. The Hall–Kier alpha value is -2.04. The number of amides is 1. The van der Waals surface area contributed by atoms with Crippen molar-refractivity contribution in [1.29, 1.82) is 0 Å². The van der Waals surface area contributed by atoms with Gasteiger partial charge in [0.15, 0.2) is 6.61 Å². The highest BCUT2D eigenvalue weighted by molar-refractivity contribution is 6.35. The van der Waals surface area contributed by atoms with E-state index in [1.807, 2.05) is 12.1 Å². The molecule has 6 heteroatoms. The van der Waals surface area contributed by atoms with E-state index in [0.29, 0.717) is 34.3 Å². The molecule has 0 heterocycles. The molecule has 0 saturated heterocycles.